The van der Waals surface area contributed by atoms with E-state index in [0.29, 0.717) is 17.6 Å². The van der Waals surface area contributed by atoms with Crippen molar-refractivity contribution < 1.29 is 4.79 Å². The Bertz CT molecular complexity index is 149. The molecule has 0 heterocycles. The van der Waals surface area contributed by atoms with Crippen molar-refractivity contribution in [1.29, 1.82) is 0 Å². The van der Waals surface area contributed by atoms with Gasteiger partial charge in [0.25, 0.3) is 0 Å². The van der Waals surface area contributed by atoms with Gasteiger partial charge in [-0.3, -0.25) is 4.79 Å². The van der Waals surface area contributed by atoms with E-state index in [9.17, 15) is 4.79 Å². The van der Waals surface area contributed by atoms with E-state index >= 15 is 0 Å². The van der Waals surface area contributed by atoms with E-state index in [1.807, 2.05) is 0 Å². The Hall–Kier alpha value is -0.330. The van der Waals surface area contributed by atoms with Gasteiger partial charge in [0.2, 0.25) is 0 Å². The van der Waals surface area contributed by atoms with Crippen LogP contribution in [0, 0.1) is 17.8 Å². The van der Waals surface area contributed by atoms with Gasteiger partial charge in [-0.05, 0) is 24.7 Å². The fourth-order valence-corrected chi connectivity index (χ4v) is 1.90. The van der Waals surface area contributed by atoms with Crippen molar-refractivity contribution in [1.82, 2.24) is 0 Å². The van der Waals surface area contributed by atoms with E-state index in [-0.39, 0.29) is 0 Å². The molecule has 1 nitrogen and oxygen atoms in total. The Morgan fingerprint density at radius 1 is 1.45 bits per heavy atom. The van der Waals surface area contributed by atoms with E-state index < -0.39 is 0 Å². The van der Waals surface area contributed by atoms with Gasteiger partial charge in [-0.2, -0.15) is 0 Å². The van der Waals surface area contributed by atoms with Crippen LogP contribution in [0.5, 0.6) is 0 Å². The fourth-order valence-electron chi connectivity index (χ4n) is 1.90. The first-order valence-corrected chi connectivity index (χ1v) is 4.64. The summed E-state index contributed by atoms with van der Waals surface area (Å²) in [6.07, 6.45) is 3.06. The van der Waals surface area contributed by atoms with E-state index in [1.54, 1.807) is 0 Å². The van der Waals surface area contributed by atoms with E-state index in [4.69, 9.17) is 0 Å². The second-order valence-electron chi connectivity index (χ2n) is 4.20. The lowest BCUT2D eigenvalue weighted by Gasteiger charge is -2.28. The summed E-state index contributed by atoms with van der Waals surface area (Å²) in [5.41, 5.74) is 0. The minimum Gasteiger partial charge on any atom is -0.299 e. The summed E-state index contributed by atoms with van der Waals surface area (Å²) in [6.45, 7) is 6.56. The smallest absolute Gasteiger partial charge is 0.136 e. The van der Waals surface area contributed by atoms with Crippen LogP contribution in [-0.2, 0) is 4.79 Å². The molecule has 0 unspecified atom stereocenters. The molecular weight excluding hydrogens is 136 g/mol. The molecule has 0 spiro atoms. The number of carbonyl (C=O) groups excluding carboxylic acids is 1. The van der Waals surface area contributed by atoms with Gasteiger partial charge in [0.1, 0.15) is 5.78 Å². The molecule has 0 N–H and O–H groups in total. The zero-order valence-electron chi connectivity index (χ0n) is 7.76. The molecule has 1 heteroatoms. The molecule has 0 aromatic carbocycles. The molecule has 1 aliphatic rings. The van der Waals surface area contributed by atoms with Crippen molar-refractivity contribution in [2.45, 2.75) is 40.0 Å². The first kappa shape index (κ1) is 8.76. The Balaban J connectivity index is 2.54. The van der Waals surface area contributed by atoms with Crippen LogP contribution in [-0.4, -0.2) is 5.78 Å². The molecule has 2 atom stereocenters. The third-order valence-corrected chi connectivity index (χ3v) is 2.76. The van der Waals surface area contributed by atoms with E-state index in [0.717, 1.165) is 25.2 Å². The van der Waals surface area contributed by atoms with Crippen LogP contribution >= 0.6 is 0 Å². The minimum absolute atomic E-state index is 0.360. The Labute approximate surface area is 69.2 Å². The van der Waals surface area contributed by atoms with Gasteiger partial charge in [-0.15, -0.1) is 0 Å². The summed E-state index contributed by atoms with van der Waals surface area (Å²) in [7, 11) is 0. The maximum Gasteiger partial charge on any atom is 0.136 e. The maximum absolute atomic E-state index is 11.4. The highest BCUT2D eigenvalue weighted by Gasteiger charge is 2.28. The fraction of sp³-hybridized carbons (Fsp3) is 0.900. The Morgan fingerprint density at radius 2 is 2.09 bits per heavy atom. The van der Waals surface area contributed by atoms with E-state index in [1.165, 1.54) is 0 Å². The van der Waals surface area contributed by atoms with Crippen LogP contribution in [0.3, 0.4) is 0 Å². The number of hydrogen-bond donors (Lipinski definition) is 0. The lowest BCUT2D eigenvalue weighted by atomic mass is 9.76. The molecule has 0 aromatic heterocycles. The topological polar surface area (TPSA) is 17.1 Å². The molecule has 0 amide bonds. The minimum atomic E-state index is 0.360. The summed E-state index contributed by atoms with van der Waals surface area (Å²) in [5, 5.41) is 0. The molecule has 1 aliphatic carbocycles. The van der Waals surface area contributed by atoms with Gasteiger partial charge in [0.15, 0.2) is 0 Å². The summed E-state index contributed by atoms with van der Waals surface area (Å²) < 4.78 is 0. The van der Waals surface area contributed by atoms with Crippen LogP contribution < -0.4 is 0 Å². The molecule has 0 aliphatic heterocycles. The normalized spacial score (nSPS) is 32.9. The van der Waals surface area contributed by atoms with Gasteiger partial charge in [-0.1, -0.05) is 20.8 Å². The van der Waals surface area contributed by atoms with Crippen molar-refractivity contribution in [2.24, 2.45) is 17.8 Å². The number of carbonyl (C=O) groups is 1. The van der Waals surface area contributed by atoms with Gasteiger partial charge in [0, 0.05) is 12.3 Å². The second kappa shape index (κ2) is 3.38. The predicted octanol–water partition coefficient (Wildman–Crippen LogP) is 2.65. The van der Waals surface area contributed by atoms with Crippen molar-refractivity contribution in [3.8, 4) is 0 Å². The Kier molecular flexibility index (Phi) is 2.69. The number of ketones is 1. The maximum atomic E-state index is 11.4. The number of rotatable bonds is 1. The highest BCUT2D eigenvalue weighted by atomic mass is 16.1. The molecule has 11 heavy (non-hydrogen) atoms. The highest BCUT2D eigenvalue weighted by molar-refractivity contribution is 5.81. The second-order valence-corrected chi connectivity index (χ2v) is 4.20. The van der Waals surface area contributed by atoms with E-state index in [2.05, 4.69) is 20.8 Å². The average molecular weight is 154 g/mol. The van der Waals surface area contributed by atoms with Crippen LogP contribution in [0.4, 0.5) is 0 Å². The lowest BCUT2D eigenvalue weighted by molar-refractivity contribution is -0.126. The summed E-state index contributed by atoms with van der Waals surface area (Å²) >= 11 is 0. The largest absolute Gasteiger partial charge is 0.299 e. The summed E-state index contributed by atoms with van der Waals surface area (Å²) in [5.74, 6) is 2.17. The van der Waals surface area contributed by atoms with Crippen LogP contribution in [0.15, 0.2) is 0 Å². The molecule has 0 radical (unpaired) electrons. The lowest BCUT2D eigenvalue weighted by Crippen LogP contribution is -2.27. The quantitative estimate of drug-likeness (QED) is 0.567. The van der Waals surface area contributed by atoms with Gasteiger partial charge >= 0.3 is 0 Å². The third kappa shape index (κ3) is 2.05. The summed E-state index contributed by atoms with van der Waals surface area (Å²) in [6, 6.07) is 0. The molecule has 0 saturated heterocycles. The number of hydrogen-bond acceptors (Lipinski definition) is 1. The van der Waals surface area contributed by atoms with Crippen LogP contribution in [0.2, 0.25) is 0 Å². The SMILES string of the molecule is CC(C)[C@@H]1C[C@@H](C)CCC1=O. The molecule has 1 fully saturated rings. The number of Topliss-reactive ketones (excluding diaryl/α,β-unsaturated/α-hetero) is 1. The molecule has 1 rings (SSSR count). The van der Waals surface area contributed by atoms with Gasteiger partial charge in [-0.25, -0.2) is 0 Å². The molecule has 64 valence electrons. The first-order chi connectivity index (χ1) is 5.11. The third-order valence-electron chi connectivity index (χ3n) is 2.76. The van der Waals surface area contributed by atoms with Crippen molar-refractivity contribution in [3.63, 3.8) is 0 Å². The zero-order valence-corrected chi connectivity index (χ0v) is 7.76. The van der Waals surface area contributed by atoms with Gasteiger partial charge in [0.05, 0.1) is 0 Å². The first-order valence-electron chi connectivity index (χ1n) is 4.64. The van der Waals surface area contributed by atoms with Crippen molar-refractivity contribution >= 4 is 5.78 Å². The zero-order chi connectivity index (χ0) is 8.43. The monoisotopic (exact) mass is 154 g/mol. The van der Waals surface area contributed by atoms with Crippen LogP contribution in [0.25, 0.3) is 0 Å². The molecule has 1 saturated carbocycles. The van der Waals surface area contributed by atoms with Crippen LogP contribution in [0.1, 0.15) is 40.0 Å². The van der Waals surface area contributed by atoms with Crippen molar-refractivity contribution in [3.05, 3.63) is 0 Å². The summed E-state index contributed by atoms with van der Waals surface area (Å²) in [4.78, 5) is 11.4. The van der Waals surface area contributed by atoms with Gasteiger partial charge < -0.3 is 0 Å². The average Bonchev–Trinajstić information content (AvgIpc) is 1.94. The standard InChI is InChI=1S/C10H18O/c1-7(2)9-6-8(3)4-5-10(9)11/h7-9H,4-6H2,1-3H3/t8-,9-/m0/s1. The molecular formula is C10H18O. The molecule has 0 aromatic rings. The highest BCUT2D eigenvalue weighted by Crippen LogP contribution is 2.30. The van der Waals surface area contributed by atoms with Crippen molar-refractivity contribution in [2.75, 3.05) is 0 Å². The molecule has 0 bridgehead atoms. The predicted molar refractivity (Wildman–Crippen MR) is 46.4 cm³/mol. The Morgan fingerprint density at radius 3 is 2.55 bits per heavy atom.